The summed E-state index contributed by atoms with van der Waals surface area (Å²) in [5.41, 5.74) is 0. The van der Waals surface area contributed by atoms with E-state index in [0.717, 1.165) is 6.54 Å². The van der Waals surface area contributed by atoms with Gasteiger partial charge in [0.15, 0.2) is 0 Å². The summed E-state index contributed by atoms with van der Waals surface area (Å²) in [6, 6.07) is 1.64. The van der Waals surface area contributed by atoms with Crippen LogP contribution in [0.2, 0.25) is 0 Å². The van der Waals surface area contributed by atoms with E-state index in [1.807, 2.05) is 12.3 Å². The maximum absolute atomic E-state index is 11.6. The van der Waals surface area contributed by atoms with E-state index in [-0.39, 0.29) is 11.9 Å². The quantitative estimate of drug-likeness (QED) is 0.687. The summed E-state index contributed by atoms with van der Waals surface area (Å²) < 4.78 is 7.00. The highest BCUT2D eigenvalue weighted by molar-refractivity contribution is 5.81. The second kappa shape index (κ2) is 5.62. The van der Waals surface area contributed by atoms with Crippen LogP contribution in [0.15, 0.2) is 18.5 Å². The van der Waals surface area contributed by atoms with Crippen LogP contribution in [0.4, 0.5) is 0 Å². The van der Waals surface area contributed by atoms with Gasteiger partial charge in [0.1, 0.15) is 6.04 Å². The number of hydrogen-bond donors (Lipinski definition) is 2. The zero-order chi connectivity index (χ0) is 11.2. The average molecular weight is 224 g/mol. The summed E-state index contributed by atoms with van der Waals surface area (Å²) in [5, 5.41) is 10.0. The molecule has 0 aliphatic carbocycles. The van der Waals surface area contributed by atoms with Crippen molar-refractivity contribution in [3.05, 3.63) is 18.5 Å². The Kier molecular flexibility index (Phi) is 3.90. The van der Waals surface area contributed by atoms with Gasteiger partial charge in [0, 0.05) is 25.5 Å². The molecule has 1 saturated heterocycles. The maximum atomic E-state index is 11.6. The largest absolute Gasteiger partial charge is 0.378 e. The Hall–Kier alpha value is -1.40. The SMILES string of the molecule is O=C(NCCn1cccn1)C1COCCN1. The fraction of sp³-hybridized carbons (Fsp3) is 0.600. The third-order valence-electron chi connectivity index (χ3n) is 2.44. The molecule has 88 valence electrons. The van der Waals surface area contributed by atoms with Gasteiger partial charge in [-0.3, -0.25) is 9.48 Å². The van der Waals surface area contributed by atoms with Crippen LogP contribution in [0.1, 0.15) is 0 Å². The first-order valence-electron chi connectivity index (χ1n) is 5.42. The summed E-state index contributed by atoms with van der Waals surface area (Å²) >= 11 is 0. The number of carbonyl (C=O) groups is 1. The smallest absolute Gasteiger partial charge is 0.239 e. The topological polar surface area (TPSA) is 68.2 Å². The number of aromatic nitrogens is 2. The number of hydrogen-bond acceptors (Lipinski definition) is 4. The summed E-state index contributed by atoms with van der Waals surface area (Å²) in [7, 11) is 0. The lowest BCUT2D eigenvalue weighted by Crippen LogP contribution is -2.51. The lowest BCUT2D eigenvalue weighted by Gasteiger charge is -2.22. The second-order valence-corrected chi connectivity index (χ2v) is 3.64. The van der Waals surface area contributed by atoms with E-state index in [9.17, 15) is 4.79 Å². The van der Waals surface area contributed by atoms with Gasteiger partial charge in [-0.2, -0.15) is 5.10 Å². The summed E-state index contributed by atoms with van der Waals surface area (Å²) in [6.45, 7) is 3.13. The molecule has 6 nitrogen and oxygen atoms in total. The Morgan fingerprint density at radius 3 is 3.31 bits per heavy atom. The Bertz CT molecular complexity index is 320. The molecule has 1 fully saturated rings. The van der Waals surface area contributed by atoms with Crippen molar-refractivity contribution in [3.8, 4) is 0 Å². The van der Waals surface area contributed by atoms with E-state index < -0.39 is 0 Å². The molecule has 2 N–H and O–H groups in total. The Morgan fingerprint density at radius 1 is 1.69 bits per heavy atom. The number of amides is 1. The molecule has 0 aromatic carbocycles. The zero-order valence-corrected chi connectivity index (χ0v) is 9.06. The highest BCUT2D eigenvalue weighted by atomic mass is 16.5. The molecule has 2 rings (SSSR count). The number of nitrogens with zero attached hydrogens (tertiary/aromatic N) is 2. The lowest BCUT2D eigenvalue weighted by molar-refractivity contribution is -0.125. The van der Waals surface area contributed by atoms with Gasteiger partial charge in [-0.25, -0.2) is 0 Å². The van der Waals surface area contributed by atoms with Crippen molar-refractivity contribution in [1.82, 2.24) is 20.4 Å². The molecule has 1 aromatic heterocycles. The maximum Gasteiger partial charge on any atom is 0.239 e. The molecule has 0 spiro atoms. The second-order valence-electron chi connectivity index (χ2n) is 3.64. The van der Waals surface area contributed by atoms with E-state index in [2.05, 4.69) is 15.7 Å². The van der Waals surface area contributed by atoms with Crippen LogP contribution >= 0.6 is 0 Å². The van der Waals surface area contributed by atoms with Crippen molar-refractivity contribution < 1.29 is 9.53 Å². The van der Waals surface area contributed by atoms with Crippen molar-refractivity contribution in [2.24, 2.45) is 0 Å². The molecule has 16 heavy (non-hydrogen) atoms. The van der Waals surface area contributed by atoms with E-state index in [1.165, 1.54) is 0 Å². The Balaban J connectivity index is 1.67. The van der Waals surface area contributed by atoms with Crippen LogP contribution in [-0.2, 0) is 16.1 Å². The van der Waals surface area contributed by atoms with Crippen molar-refractivity contribution in [1.29, 1.82) is 0 Å². The number of ether oxygens (including phenoxy) is 1. The highest BCUT2D eigenvalue weighted by Gasteiger charge is 2.20. The van der Waals surface area contributed by atoms with Crippen LogP contribution in [0, 0.1) is 0 Å². The van der Waals surface area contributed by atoms with E-state index in [1.54, 1.807) is 10.9 Å². The third kappa shape index (κ3) is 3.04. The minimum atomic E-state index is -0.216. The molecule has 1 aliphatic heterocycles. The van der Waals surface area contributed by atoms with Gasteiger partial charge in [-0.15, -0.1) is 0 Å². The Morgan fingerprint density at radius 2 is 2.62 bits per heavy atom. The monoisotopic (exact) mass is 224 g/mol. The minimum absolute atomic E-state index is 0.00754. The summed E-state index contributed by atoms with van der Waals surface area (Å²) in [5.74, 6) is -0.00754. The highest BCUT2D eigenvalue weighted by Crippen LogP contribution is 1.92. The fourth-order valence-electron chi connectivity index (χ4n) is 1.58. The molecular formula is C10H16N4O2. The van der Waals surface area contributed by atoms with E-state index in [4.69, 9.17) is 4.74 Å². The minimum Gasteiger partial charge on any atom is -0.378 e. The molecule has 6 heteroatoms. The normalized spacial score (nSPS) is 20.6. The average Bonchev–Trinajstić information content (AvgIpc) is 2.83. The zero-order valence-electron chi connectivity index (χ0n) is 9.06. The van der Waals surface area contributed by atoms with Crippen molar-refractivity contribution in [3.63, 3.8) is 0 Å². The van der Waals surface area contributed by atoms with Crippen LogP contribution in [0.5, 0.6) is 0 Å². The van der Waals surface area contributed by atoms with Gasteiger partial charge in [-0.1, -0.05) is 0 Å². The van der Waals surface area contributed by atoms with E-state index in [0.29, 0.717) is 26.3 Å². The molecule has 0 radical (unpaired) electrons. The number of rotatable bonds is 4. The van der Waals surface area contributed by atoms with Crippen molar-refractivity contribution >= 4 is 5.91 Å². The van der Waals surface area contributed by atoms with Crippen LogP contribution in [0.3, 0.4) is 0 Å². The molecule has 2 heterocycles. The lowest BCUT2D eigenvalue weighted by atomic mass is 10.2. The molecule has 0 saturated carbocycles. The van der Waals surface area contributed by atoms with Crippen LogP contribution < -0.4 is 10.6 Å². The number of nitrogens with one attached hydrogen (secondary N) is 2. The predicted octanol–water partition coefficient (Wildman–Crippen LogP) is -1.01. The first kappa shape index (κ1) is 11.1. The molecule has 1 unspecified atom stereocenters. The van der Waals surface area contributed by atoms with Crippen molar-refractivity contribution in [2.45, 2.75) is 12.6 Å². The Labute approximate surface area is 94.0 Å². The first-order valence-corrected chi connectivity index (χ1v) is 5.42. The van der Waals surface area contributed by atoms with Gasteiger partial charge in [0.2, 0.25) is 5.91 Å². The van der Waals surface area contributed by atoms with Crippen molar-refractivity contribution in [2.75, 3.05) is 26.3 Å². The molecular weight excluding hydrogens is 208 g/mol. The molecule has 0 bridgehead atoms. The standard InChI is InChI=1S/C10H16N4O2/c15-10(9-8-16-7-4-11-9)12-3-6-14-5-1-2-13-14/h1-2,5,9,11H,3-4,6-8H2,(H,12,15). The molecule has 1 aromatic rings. The first-order chi connectivity index (χ1) is 7.86. The number of carbonyl (C=O) groups excluding carboxylic acids is 1. The van der Waals surface area contributed by atoms with Gasteiger partial charge in [0.25, 0.3) is 0 Å². The number of morpholine rings is 1. The summed E-state index contributed by atoms with van der Waals surface area (Å²) in [6.07, 6.45) is 3.59. The van der Waals surface area contributed by atoms with Crippen LogP contribution in [0.25, 0.3) is 0 Å². The third-order valence-corrected chi connectivity index (χ3v) is 2.44. The molecule has 1 atom stereocenters. The van der Waals surface area contributed by atoms with Gasteiger partial charge >= 0.3 is 0 Å². The van der Waals surface area contributed by atoms with Gasteiger partial charge in [-0.05, 0) is 6.07 Å². The van der Waals surface area contributed by atoms with Gasteiger partial charge in [0.05, 0.1) is 19.8 Å². The molecule has 1 amide bonds. The predicted molar refractivity (Wildman–Crippen MR) is 57.8 cm³/mol. The molecule has 1 aliphatic rings. The summed E-state index contributed by atoms with van der Waals surface area (Å²) in [4.78, 5) is 11.6. The fourth-order valence-corrected chi connectivity index (χ4v) is 1.58. The van der Waals surface area contributed by atoms with Crippen LogP contribution in [-0.4, -0.2) is 48.0 Å². The van der Waals surface area contributed by atoms with E-state index >= 15 is 0 Å². The van der Waals surface area contributed by atoms with Gasteiger partial charge < -0.3 is 15.4 Å².